The van der Waals surface area contributed by atoms with E-state index in [1.54, 1.807) is 12.5 Å². The molecule has 15 heavy (non-hydrogen) atoms. The summed E-state index contributed by atoms with van der Waals surface area (Å²) < 4.78 is 13.4. The molecule has 2 aromatic heterocycles. The Balaban J connectivity index is 0.000000167. The Labute approximate surface area is 85.8 Å². The predicted molar refractivity (Wildman–Crippen MR) is 54.2 cm³/mol. The molecule has 0 aliphatic rings. The molecular formula is C7H9N4O3P. The van der Waals surface area contributed by atoms with E-state index in [-0.39, 0.29) is 0 Å². The van der Waals surface area contributed by atoms with Crippen LogP contribution >= 0.6 is 8.25 Å². The van der Waals surface area contributed by atoms with Gasteiger partial charge in [0, 0.05) is 0 Å². The Morgan fingerprint density at radius 1 is 1.60 bits per heavy atom. The maximum Gasteiger partial charge on any atom is 0.364 e. The summed E-state index contributed by atoms with van der Waals surface area (Å²) in [4.78, 5) is 22.3. The lowest BCUT2D eigenvalue weighted by Crippen LogP contribution is -1.76. The summed E-state index contributed by atoms with van der Waals surface area (Å²) in [6, 6.07) is 0. The molecule has 8 heteroatoms. The van der Waals surface area contributed by atoms with Gasteiger partial charge >= 0.3 is 8.25 Å². The fourth-order valence-corrected chi connectivity index (χ4v) is 0.905. The third kappa shape index (κ3) is 3.88. The first kappa shape index (κ1) is 11.4. The van der Waals surface area contributed by atoms with Crippen LogP contribution in [0.1, 0.15) is 0 Å². The van der Waals surface area contributed by atoms with E-state index in [2.05, 4.69) is 31.0 Å². The quantitative estimate of drug-likeness (QED) is 0.584. The van der Waals surface area contributed by atoms with Gasteiger partial charge in [-0.2, -0.15) is 0 Å². The maximum absolute atomic E-state index is 9.49. The Hall–Kier alpha value is -1.72. The van der Waals surface area contributed by atoms with Gasteiger partial charge in [0.05, 0.1) is 18.8 Å². The highest BCUT2D eigenvalue weighted by Crippen LogP contribution is 2.12. The smallest absolute Gasteiger partial charge is 0.364 e. The largest absolute Gasteiger partial charge is 0.435 e. The molecule has 1 unspecified atom stereocenters. The number of aromatic nitrogens is 4. The average molecular weight is 228 g/mol. The molecule has 80 valence electrons. The maximum atomic E-state index is 9.49. The standard InChI is InChI=1S/C5H4N4.C2H5O3P/c1-4-5(8-2-6-1)9-3-7-4;1-2-5-6(3)4/h1-3H,(H,6,7,8,9);2,6H,1H2,(H,3,4). The molecule has 7 nitrogen and oxygen atoms in total. The van der Waals surface area contributed by atoms with Crippen LogP contribution in [0, 0.1) is 0 Å². The number of hydrogen-bond donors (Lipinski definition) is 2. The predicted octanol–water partition coefficient (Wildman–Crippen LogP) is 0.881. The SMILES string of the molecule is C=CO[PH](=O)O.c1ncc2nc[nH]c2n1. The third-order valence-corrected chi connectivity index (χ3v) is 1.65. The highest BCUT2D eigenvalue weighted by atomic mass is 31.1. The van der Waals surface area contributed by atoms with Gasteiger partial charge < -0.3 is 14.4 Å². The lowest BCUT2D eigenvalue weighted by Gasteiger charge is -1.84. The molecule has 1 atom stereocenters. The van der Waals surface area contributed by atoms with Gasteiger partial charge in [0.25, 0.3) is 0 Å². The number of aromatic amines is 1. The highest BCUT2D eigenvalue weighted by Gasteiger charge is 1.91. The average Bonchev–Trinajstić information content (AvgIpc) is 2.65. The van der Waals surface area contributed by atoms with E-state index in [1.807, 2.05) is 0 Å². The second-order valence-electron chi connectivity index (χ2n) is 2.21. The van der Waals surface area contributed by atoms with Gasteiger partial charge in [-0.25, -0.2) is 19.5 Å². The van der Waals surface area contributed by atoms with Crippen LogP contribution < -0.4 is 0 Å². The topological polar surface area (TPSA) is 101 Å². The monoisotopic (exact) mass is 228 g/mol. The van der Waals surface area contributed by atoms with Gasteiger partial charge in [-0.15, -0.1) is 0 Å². The van der Waals surface area contributed by atoms with E-state index in [0.717, 1.165) is 17.4 Å². The molecule has 0 saturated carbocycles. The van der Waals surface area contributed by atoms with Gasteiger partial charge in [0.15, 0.2) is 5.65 Å². The molecular weight excluding hydrogens is 219 g/mol. The van der Waals surface area contributed by atoms with E-state index in [4.69, 9.17) is 4.89 Å². The van der Waals surface area contributed by atoms with Crippen molar-refractivity contribution in [2.45, 2.75) is 0 Å². The molecule has 2 N–H and O–H groups in total. The molecule has 0 spiro atoms. The first-order chi connectivity index (χ1) is 7.24. The minimum atomic E-state index is -2.75. The number of nitrogens with zero attached hydrogens (tertiary/aromatic N) is 3. The van der Waals surface area contributed by atoms with Gasteiger partial charge in [-0.3, -0.25) is 0 Å². The number of H-pyrrole nitrogens is 1. The molecule has 2 rings (SSSR count). The number of imidazole rings is 1. The zero-order chi connectivity index (χ0) is 11.1. The van der Waals surface area contributed by atoms with Gasteiger partial charge in [-0.1, -0.05) is 6.58 Å². The summed E-state index contributed by atoms with van der Waals surface area (Å²) in [5.41, 5.74) is 1.59. The lowest BCUT2D eigenvalue weighted by molar-refractivity contribution is 0.379. The zero-order valence-corrected chi connectivity index (χ0v) is 8.62. The molecule has 0 amide bonds. The minimum absolute atomic E-state index is 0.782. The first-order valence-electron chi connectivity index (χ1n) is 3.83. The van der Waals surface area contributed by atoms with Crippen molar-refractivity contribution in [1.82, 2.24) is 19.9 Å². The van der Waals surface area contributed by atoms with Gasteiger partial charge in [-0.05, 0) is 0 Å². The Bertz CT molecular complexity index is 428. The molecule has 0 aliphatic heterocycles. The van der Waals surface area contributed by atoms with E-state index < -0.39 is 8.25 Å². The summed E-state index contributed by atoms with van der Waals surface area (Å²) in [6.45, 7) is 3.04. The van der Waals surface area contributed by atoms with Crippen LogP contribution in [0.2, 0.25) is 0 Å². The first-order valence-corrected chi connectivity index (χ1v) is 5.10. The number of rotatable bonds is 2. The summed E-state index contributed by atoms with van der Waals surface area (Å²) in [7, 11) is -2.75. The second kappa shape index (κ2) is 5.90. The lowest BCUT2D eigenvalue weighted by atomic mass is 10.6. The normalized spacial score (nSPS) is 11.3. The van der Waals surface area contributed by atoms with Crippen LogP contribution in [0.4, 0.5) is 0 Å². The van der Waals surface area contributed by atoms with Crippen molar-refractivity contribution in [2.24, 2.45) is 0 Å². The number of fused-ring (bicyclic) bond motifs is 1. The molecule has 0 aromatic carbocycles. The van der Waals surface area contributed by atoms with Gasteiger partial charge in [0.1, 0.15) is 11.8 Å². The molecule has 0 aliphatic carbocycles. The van der Waals surface area contributed by atoms with Crippen LogP contribution in [0.25, 0.3) is 11.2 Å². The molecule has 0 fully saturated rings. The Morgan fingerprint density at radius 3 is 2.93 bits per heavy atom. The molecule has 0 radical (unpaired) electrons. The van der Waals surface area contributed by atoms with Crippen molar-refractivity contribution in [3.63, 3.8) is 0 Å². The van der Waals surface area contributed by atoms with Crippen LogP contribution in [-0.2, 0) is 9.09 Å². The van der Waals surface area contributed by atoms with Crippen LogP contribution in [0.15, 0.2) is 31.7 Å². The number of nitrogens with one attached hydrogen (secondary N) is 1. The van der Waals surface area contributed by atoms with Crippen LogP contribution in [0.5, 0.6) is 0 Å². The number of hydrogen-bond acceptors (Lipinski definition) is 5. The molecule has 0 bridgehead atoms. The van der Waals surface area contributed by atoms with Crippen LogP contribution in [-0.4, -0.2) is 24.8 Å². The van der Waals surface area contributed by atoms with Crippen molar-refractivity contribution in [1.29, 1.82) is 0 Å². The molecule has 0 saturated heterocycles. The van der Waals surface area contributed by atoms with E-state index in [1.165, 1.54) is 6.33 Å². The third-order valence-electron chi connectivity index (χ3n) is 1.28. The van der Waals surface area contributed by atoms with Crippen LogP contribution in [0.3, 0.4) is 0 Å². The van der Waals surface area contributed by atoms with Crippen molar-refractivity contribution < 1.29 is 14.0 Å². The van der Waals surface area contributed by atoms with Crippen molar-refractivity contribution >= 4 is 19.4 Å². The van der Waals surface area contributed by atoms with Gasteiger partial charge in [0.2, 0.25) is 0 Å². The Morgan fingerprint density at radius 2 is 2.40 bits per heavy atom. The fourth-order valence-electron chi connectivity index (χ4n) is 0.762. The second-order valence-corrected chi connectivity index (χ2v) is 2.98. The molecule has 2 aromatic rings. The highest BCUT2D eigenvalue weighted by molar-refractivity contribution is 7.32. The summed E-state index contributed by atoms with van der Waals surface area (Å²) in [6.07, 6.45) is 5.68. The molecule has 2 heterocycles. The van der Waals surface area contributed by atoms with E-state index >= 15 is 0 Å². The van der Waals surface area contributed by atoms with Crippen molar-refractivity contribution in [2.75, 3.05) is 0 Å². The minimum Gasteiger partial charge on any atom is -0.435 e. The van der Waals surface area contributed by atoms with Crippen molar-refractivity contribution in [3.8, 4) is 0 Å². The zero-order valence-electron chi connectivity index (χ0n) is 7.62. The van der Waals surface area contributed by atoms with E-state index in [9.17, 15) is 4.57 Å². The fraction of sp³-hybridized carbons (Fsp3) is 0. The van der Waals surface area contributed by atoms with Crippen molar-refractivity contribution in [3.05, 3.63) is 31.7 Å². The summed E-state index contributed by atoms with van der Waals surface area (Å²) in [5, 5.41) is 0. The Kier molecular flexibility index (Phi) is 4.46. The summed E-state index contributed by atoms with van der Waals surface area (Å²) >= 11 is 0. The summed E-state index contributed by atoms with van der Waals surface area (Å²) in [5.74, 6) is 0. The van der Waals surface area contributed by atoms with E-state index in [0.29, 0.717) is 0 Å².